The van der Waals surface area contributed by atoms with Crippen molar-refractivity contribution in [1.29, 1.82) is 0 Å². The molecule has 8 nitrogen and oxygen atoms in total. The molecule has 2 N–H and O–H groups in total. The molecule has 1 saturated heterocycles. The number of ether oxygens (including phenoxy) is 2. The molecule has 4 rings (SSSR count). The Labute approximate surface area is 208 Å². The minimum Gasteiger partial charge on any atom is -0.438 e. The fraction of sp³-hybridized carbons (Fsp3) is 0.222. The molecule has 186 valence electrons. The molecule has 1 aliphatic heterocycles. The van der Waals surface area contributed by atoms with Crippen LogP contribution in [0.1, 0.15) is 27.6 Å². The second-order valence-electron chi connectivity index (χ2n) is 8.21. The molecular weight excluding hydrogens is 465 g/mol. The summed E-state index contributed by atoms with van der Waals surface area (Å²) in [4.78, 5) is 40.0. The van der Waals surface area contributed by atoms with Crippen LogP contribution in [0.15, 0.2) is 78.9 Å². The van der Waals surface area contributed by atoms with Gasteiger partial charge in [-0.25, -0.2) is 9.18 Å². The minimum atomic E-state index is -0.952. The van der Waals surface area contributed by atoms with Crippen LogP contribution in [0, 0.1) is 5.82 Å². The molecule has 3 aromatic carbocycles. The molecule has 2 atom stereocenters. The first-order chi connectivity index (χ1) is 17.5. The van der Waals surface area contributed by atoms with Gasteiger partial charge in [-0.2, -0.15) is 0 Å². The molecule has 0 bridgehead atoms. The van der Waals surface area contributed by atoms with Gasteiger partial charge in [0.1, 0.15) is 5.82 Å². The summed E-state index contributed by atoms with van der Waals surface area (Å²) in [7, 11) is 1.53. The Morgan fingerprint density at radius 2 is 1.78 bits per heavy atom. The minimum absolute atomic E-state index is 0.0976. The third kappa shape index (κ3) is 5.69. The van der Waals surface area contributed by atoms with Gasteiger partial charge in [0.15, 0.2) is 12.1 Å². The van der Waals surface area contributed by atoms with Crippen molar-refractivity contribution < 1.29 is 28.2 Å². The van der Waals surface area contributed by atoms with E-state index in [0.29, 0.717) is 17.9 Å². The monoisotopic (exact) mass is 491 g/mol. The molecule has 9 heteroatoms. The van der Waals surface area contributed by atoms with Crippen molar-refractivity contribution >= 4 is 23.6 Å². The summed E-state index contributed by atoms with van der Waals surface area (Å²) in [6.45, 7) is 0.765. The van der Waals surface area contributed by atoms with Crippen LogP contribution in [0.4, 0.5) is 14.9 Å². The zero-order chi connectivity index (χ0) is 25.5. The summed E-state index contributed by atoms with van der Waals surface area (Å²) in [5.41, 5.74) is 1.63. The maximum Gasteiger partial charge on any atom is 0.411 e. The number of amides is 3. The quantitative estimate of drug-likeness (QED) is 0.443. The number of hydrogen-bond acceptors (Lipinski definition) is 5. The van der Waals surface area contributed by atoms with Gasteiger partial charge in [-0.3, -0.25) is 14.5 Å². The van der Waals surface area contributed by atoms with Gasteiger partial charge in [0, 0.05) is 19.3 Å². The lowest BCUT2D eigenvalue weighted by Gasteiger charge is -2.24. The average molecular weight is 492 g/mol. The smallest absolute Gasteiger partial charge is 0.411 e. The van der Waals surface area contributed by atoms with Gasteiger partial charge < -0.3 is 20.1 Å². The predicted molar refractivity (Wildman–Crippen MR) is 131 cm³/mol. The lowest BCUT2D eigenvalue weighted by atomic mass is 10.00. The summed E-state index contributed by atoms with van der Waals surface area (Å²) < 4.78 is 24.7. The maximum atomic E-state index is 14.0. The second-order valence-corrected chi connectivity index (χ2v) is 8.21. The topological polar surface area (TPSA) is 97.0 Å². The summed E-state index contributed by atoms with van der Waals surface area (Å²) in [5, 5.41) is 5.45. The lowest BCUT2D eigenvalue weighted by molar-refractivity contribution is -0.126. The molecule has 1 aliphatic rings. The molecule has 0 spiro atoms. The predicted octanol–water partition coefficient (Wildman–Crippen LogP) is 3.90. The molecule has 1 fully saturated rings. The van der Waals surface area contributed by atoms with Crippen LogP contribution in [0.5, 0.6) is 0 Å². The first-order valence-electron chi connectivity index (χ1n) is 11.4. The van der Waals surface area contributed by atoms with Crippen LogP contribution in [-0.2, 0) is 20.8 Å². The zero-order valence-electron chi connectivity index (χ0n) is 19.6. The number of cyclic esters (lactones) is 1. The molecule has 36 heavy (non-hydrogen) atoms. The number of carbonyl (C=O) groups is 3. The van der Waals surface area contributed by atoms with E-state index in [0.717, 1.165) is 5.56 Å². The number of methoxy groups -OCH3 is 1. The van der Waals surface area contributed by atoms with E-state index in [2.05, 4.69) is 10.6 Å². The van der Waals surface area contributed by atoms with Crippen molar-refractivity contribution in [2.75, 3.05) is 25.6 Å². The average Bonchev–Trinajstić information content (AvgIpc) is 3.21. The molecular formula is C27H26FN3O5. The van der Waals surface area contributed by atoms with Crippen molar-refractivity contribution in [3.8, 4) is 0 Å². The highest BCUT2D eigenvalue weighted by Gasteiger charge is 2.47. The number of hydrogen-bond donors (Lipinski definition) is 2. The Hall–Kier alpha value is -4.24. The molecule has 0 radical (unpaired) electrons. The van der Waals surface area contributed by atoms with Gasteiger partial charge in [0.25, 0.3) is 5.91 Å². The maximum absolute atomic E-state index is 14.0. The Bertz CT molecular complexity index is 1240. The highest BCUT2D eigenvalue weighted by atomic mass is 19.1. The van der Waals surface area contributed by atoms with Crippen molar-refractivity contribution in [1.82, 2.24) is 10.2 Å². The Morgan fingerprint density at radius 1 is 1.03 bits per heavy atom. The number of benzene rings is 3. The Balaban J connectivity index is 1.59. The number of rotatable bonds is 9. The van der Waals surface area contributed by atoms with Gasteiger partial charge in [-0.1, -0.05) is 54.6 Å². The van der Waals surface area contributed by atoms with Crippen molar-refractivity contribution in [3.63, 3.8) is 0 Å². The molecule has 0 aromatic heterocycles. The number of anilines is 1. The van der Waals surface area contributed by atoms with E-state index in [1.807, 2.05) is 30.3 Å². The van der Waals surface area contributed by atoms with Gasteiger partial charge >= 0.3 is 6.09 Å². The normalized spacial score (nSPS) is 16.9. The highest BCUT2D eigenvalue weighted by Crippen LogP contribution is 2.35. The summed E-state index contributed by atoms with van der Waals surface area (Å²) in [6, 6.07) is 20.6. The molecule has 3 aromatic rings. The lowest BCUT2D eigenvalue weighted by Crippen LogP contribution is -2.47. The summed E-state index contributed by atoms with van der Waals surface area (Å²) >= 11 is 0. The van der Waals surface area contributed by atoms with E-state index >= 15 is 0 Å². The van der Waals surface area contributed by atoms with E-state index in [-0.39, 0.29) is 24.6 Å². The molecule has 0 unspecified atom stereocenters. The second kappa shape index (κ2) is 11.5. The van der Waals surface area contributed by atoms with Crippen molar-refractivity contribution in [2.45, 2.75) is 18.7 Å². The van der Waals surface area contributed by atoms with Gasteiger partial charge in [0.05, 0.1) is 18.7 Å². The molecule has 0 aliphatic carbocycles. The summed E-state index contributed by atoms with van der Waals surface area (Å²) in [6.07, 6.45) is -1.55. The number of nitrogens with zero attached hydrogens (tertiary/aromatic N) is 1. The van der Waals surface area contributed by atoms with E-state index in [4.69, 9.17) is 9.47 Å². The first kappa shape index (κ1) is 24.9. The van der Waals surface area contributed by atoms with E-state index in [1.54, 1.807) is 30.3 Å². The van der Waals surface area contributed by atoms with Crippen LogP contribution in [0.3, 0.4) is 0 Å². The number of nitrogens with one attached hydrogen (secondary N) is 2. The van der Waals surface area contributed by atoms with Gasteiger partial charge in [-0.05, 0) is 35.4 Å². The fourth-order valence-corrected chi connectivity index (χ4v) is 4.01. The Kier molecular flexibility index (Phi) is 7.92. The SMILES string of the molecule is COCCNC(=O)[C@@H]1[C@H](c2cccc(NC(=O)c3ccccc3F)c2)OC(=O)N1Cc1ccccc1. The zero-order valence-corrected chi connectivity index (χ0v) is 19.6. The van der Waals surface area contributed by atoms with Gasteiger partial charge in [-0.15, -0.1) is 0 Å². The largest absolute Gasteiger partial charge is 0.438 e. The van der Waals surface area contributed by atoms with Crippen LogP contribution in [-0.4, -0.2) is 49.1 Å². The fourth-order valence-electron chi connectivity index (χ4n) is 4.01. The Morgan fingerprint density at radius 3 is 2.53 bits per heavy atom. The van der Waals surface area contributed by atoms with Crippen LogP contribution < -0.4 is 10.6 Å². The number of carbonyl (C=O) groups excluding carboxylic acids is 3. The van der Waals surface area contributed by atoms with Crippen molar-refractivity contribution in [3.05, 3.63) is 101 Å². The van der Waals surface area contributed by atoms with Crippen LogP contribution in [0.2, 0.25) is 0 Å². The first-order valence-corrected chi connectivity index (χ1v) is 11.4. The third-order valence-electron chi connectivity index (χ3n) is 5.75. The van der Waals surface area contributed by atoms with E-state index in [1.165, 1.54) is 30.2 Å². The third-order valence-corrected chi connectivity index (χ3v) is 5.75. The number of halogens is 1. The van der Waals surface area contributed by atoms with Gasteiger partial charge in [0.2, 0.25) is 5.91 Å². The van der Waals surface area contributed by atoms with E-state index < -0.39 is 30.0 Å². The molecule has 1 heterocycles. The van der Waals surface area contributed by atoms with Crippen molar-refractivity contribution in [2.24, 2.45) is 0 Å². The van der Waals surface area contributed by atoms with Crippen LogP contribution in [0.25, 0.3) is 0 Å². The summed E-state index contributed by atoms with van der Waals surface area (Å²) in [5.74, 6) is -1.65. The standard InChI is InChI=1S/C27H26FN3O5/c1-35-15-14-29-26(33)23-24(36-27(34)31(23)17-18-8-3-2-4-9-18)19-10-7-11-20(16-19)30-25(32)21-12-5-6-13-22(21)28/h2-13,16,23-24H,14-15,17H2,1H3,(H,29,33)(H,30,32)/t23-,24-/m0/s1. The molecule has 3 amide bonds. The molecule has 0 saturated carbocycles. The highest BCUT2D eigenvalue weighted by molar-refractivity contribution is 6.04. The van der Waals surface area contributed by atoms with E-state index in [9.17, 15) is 18.8 Å². The van der Waals surface area contributed by atoms with Crippen LogP contribution >= 0.6 is 0 Å².